The lowest BCUT2D eigenvalue weighted by Gasteiger charge is -1.91. The molecule has 0 aliphatic carbocycles. The SMILES string of the molecule is CCc1ccc(/C=N/NC(=O)C(N)=O)s1. The number of hydrogen-bond donors (Lipinski definition) is 2. The molecular formula is C9H11N3O2S. The van der Waals surface area contributed by atoms with Crippen LogP contribution in [0.25, 0.3) is 0 Å². The van der Waals surface area contributed by atoms with E-state index < -0.39 is 11.8 Å². The highest BCUT2D eigenvalue weighted by Gasteiger charge is 2.05. The van der Waals surface area contributed by atoms with E-state index in [-0.39, 0.29) is 0 Å². The second kappa shape index (κ2) is 5.26. The Bertz CT molecular complexity index is 398. The van der Waals surface area contributed by atoms with E-state index in [0.29, 0.717) is 0 Å². The van der Waals surface area contributed by atoms with Crippen molar-refractivity contribution >= 4 is 29.4 Å². The summed E-state index contributed by atoms with van der Waals surface area (Å²) in [7, 11) is 0. The summed E-state index contributed by atoms with van der Waals surface area (Å²) in [6.45, 7) is 2.06. The maximum atomic E-state index is 10.7. The van der Waals surface area contributed by atoms with Gasteiger partial charge in [-0.15, -0.1) is 11.3 Å². The highest BCUT2D eigenvalue weighted by atomic mass is 32.1. The van der Waals surface area contributed by atoms with Crippen molar-refractivity contribution in [1.29, 1.82) is 0 Å². The van der Waals surface area contributed by atoms with E-state index in [2.05, 4.69) is 12.0 Å². The van der Waals surface area contributed by atoms with Gasteiger partial charge < -0.3 is 5.73 Å². The van der Waals surface area contributed by atoms with Gasteiger partial charge in [0.25, 0.3) is 0 Å². The van der Waals surface area contributed by atoms with Crippen LogP contribution in [0.4, 0.5) is 0 Å². The number of amides is 2. The average Bonchev–Trinajstić information content (AvgIpc) is 2.65. The summed E-state index contributed by atoms with van der Waals surface area (Å²) < 4.78 is 0. The fraction of sp³-hybridized carbons (Fsp3) is 0.222. The van der Waals surface area contributed by atoms with Gasteiger partial charge in [0.2, 0.25) is 0 Å². The number of primary amides is 1. The van der Waals surface area contributed by atoms with Crippen molar-refractivity contribution in [3.05, 3.63) is 21.9 Å². The molecule has 0 aromatic carbocycles. The van der Waals surface area contributed by atoms with Gasteiger partial charge in [0, 0.05) is 9.75 Å². The molecule has 0 saturated heterocycles. The van der Waals surface area contributed by atoms with Crippen molar-refractivity contribution in [3.63, 3.8) is 0 Å². The number of carbonyl (C=O) groups is 2. The molecule has 80 valence electrons. The number of thiophene rings is 1. The molecule has 0 aliphatic rings. The predicted molar refractivity (Wildman–Crippen MR) is 58.6 cm³/mol. The zero-order valence-corrected chi connectivity index (χ0v) is 9.00. The first-order chi connectivity index (χ1) is 7.13. The van der Waals surface area contributed by atoms with Crippen LogP contribution in [0.1, 0.15) is 16.7 Å². The third kappa shape index (κ3) is 3.51. The standard InChI is InChI=1S/C9H11N3O2S/c1-2-6-3-4-7(15-6)5-11-12-9(14)8(10)13/h3-5H,2H2,1H3,(H2,10,13)(H,12,14)/b11-5+. The summed E-state index contributed by atoms with van der Waals surface area (Å²) in [6.07, 6.45) is 2.44. The zero-order chi connectivity index (χ0) is 11.3. The largest absolute Gasteiger partial charge is 0.361 e. The Morgan fingerprint density at radius 3 is 2.87 bits per heavy atom. The van der Waals surface area contributed by atoms with Crippen molar-refractivity contribution in [2.75, 3.05) is 0 Å². The Morgan fingerprint density at radius 1 is 1.60 bits per heavy atom. The maximum absolute atomic E-state index is 10.7. The molecule has 0 saturated carbocycles. The van der Waals surface area contributed by atoms with Crippen molar-refractivity contribution in [1.82, 2.24) is 5.43 Å². The molecule has 1 heterocycles. The number of hydrogen-bond acceptors (Lipinski definition) is 4. The van der Waals surface area contributed by atoms with Crippen molar-refractivity contribution in [2.24, 2.45) is 10.8 Å². The third-order valence-electron chi connectivity index (χ3n) is 1.61. The quantitative estimate of drug-likeness (QED) is 0.439. The molecule has 2 amide bonds. The summed E-state index contributed by atoms with van der Waals surface area (Å²) in [5.41, 5.74) is 6.74. The monoisotopic (exact) mass is 225 g/mol. The van der Waals surface area contributed by atoms with Crippen LogP contribution in [0.2, 0.25) is 0 Å². The summed E-state index contributed by atoms with van der Waals surface area (Å²) in [4.78, 5) is 23.2. The first-order valence-corrected chi connectivity index (χ1v) is 5.16. The van der Waals surface area contributed by atoms with Gasteiger partial charge in [-0.2, -0.15) is 5.10 Å². The number of nitrogens with two attached hydrogens (primary N) is 1. The molecule has 0 atom stereocenters. The molecule has 1 aromatic heterocycles. The Balaban J connectivity index is 2.51. The van der Waals surface area contributed by atoms with Crippen LogP contribution in [0.3, 0.4) is 0 Å². The fourth-order valence-electron chi connectivity index (χ4n) is 0.864. The van der Waals surface area contributed by atoms with Gasteiger partial charge in [-0.3, -0.25) is 9.59 Å². The molecule has 1 aromatic rings. The summed E-state index contributed by atoms with van der Waals surface area (Å²) >= 11 is 1.58. The minimum atomic E-state index is -1.05. The van der Waals surface area contributed by atoms with E-state index in [4.69, 9.17) is 5.73 Å². The first kappa shape index (κ1) is 11.4. The van der Waals surface area contributed by atoms with Crippen LogP contribution in [0.15, 0.2) is 17.2 Å². The molecule has 3 N–H and O–H groups in total. The molecular weight excluding hydrogens is 214 g/mol. The molecule has 5 nitrogen and oxygen atoms in total. The van der Waals surface area contributed by atoms with Crippen LogP contribution in [-0.4, -0.2) is 18.0 Å². The summed E-state index contributed by atoms with van der Waals surface area (Å²) in [5.74, 6) is -1.97. The molecule has 0 bridgehead atoms. The molecule has 6 heteroatoms. The van der Waals surface area contributed by atoms with Crippen LogP contribution in [-0.2, 0) is 16.0 Å². The molecule has 0 aliphatic heterocycles. The van der Waals surface area contributed by atoms with Crippen molar-refractivity contribution in [3.8, 4) is 0 Å². The van der Waals surface area contributed by atoms with Gasteiger partial charge in [-0.1, -0.05) is 6.92 Å². The zero-order valence-electron chi connectivity index (χ0n) is 8.19. The van der Waals surface area contributed by atoms with E-state index in [1.165, 1.54) is 11.1 Å². The summed E-state index contributed by atoms with van der Waals surface area (Å²) in [6, 6.07) is 3.88. The van der Waals surface area contributed by atoms with Crippen molar-refractivity contribution < 1.29 is 9.59 Å². The normalized spacial score (nSPS) is 10.5. The Labute approximate surface area is 91.0 Å². The molecule has 1 rings (SSSR count). The lowest BCUT2D eigenvalue weighted by Crippen LogP contribution is -2.32. The van der Waals surface area contributed by atoms with Gasteiger partial charge in [0.15, 0.2) is 0 Å². The number of nitrogens with one attached hydrogen (secondary N) is 1. The molecule has 0 radical (unpaired) electrons. The number of hydrazone groups is 1. The second-order valence-electron chi connectivity index (χ2n) is 2.72. The van der Waals surface area contributed by atoms with Crippen LogP contribution in [0.5, 0.6) is 0 Å². The van der Waals surface area contributed by atoms with Crippen molar-refractivity contribution in [2.45, 2.75) is 13.3 Å². The topological polar surface area (TPSA) is 84.6 Å². The van der Waals surface area contributed by atoms with Gasteiger partial charge in [-0.05, 0) is 18.6 Å². The van der Waals surface area contributed by atoms with Gasteiger partial charge in [-0.25, -0.2) is 5.43 Å². The Morgan fingerprint density at radius 2 is 2.33 bits per heavy atom. The second-order valence-corrected chi connectivity index (χ2v) is 3.92. The smallest absolute Gasteiger partial charge is 0.329 e. The number of rotatable bonds is 3. The minimum Gasteiger partial charge on any atom is -0.361 e. The maximum Gasteiger partial charge on any atom is 0.329 e. The lowest BCUT2D eigenvalue weighted by molar-refractivity contribution is -0.137. The van der Waals surface area contributed by atoms with Crippen LogP contribution < -0.4 is 11.2 Å². The minimum absolute atomic E-state index is 0.914. The number of aryl methyl sites for hydroxylation is 1. The van der Waals surface area contributed by atoms with E-state index in [0.717, 1.165) is 11.3 Å². The van der Waals surface area contributed by atoms with E-state index in [1.54, 1.807) is 11.3 Å². The highest BCUT2D eigenvalue weighted by Crippen LogP contribution is 2.14. The van der Waals surface area contributed by atoms with Gasteiger partial charge in [0.05, 0.1) is 6.21 Å². The Kier molecular flexibility index (Phi) is 3.99. The molecule has 15 heavy (non-hydrogen) atoms. The van der Waals surface area contributed by atoms with Crippen LogP contribution >= 0.6 is 11.3 Å². The third-order valence-corrected chi connectivity index (χ3v) is 2.78. The van der Waals surface area contributed by atoms with E-state index in [1.807, 2.05) is 17.6 Å². The molecule has 0 unspecified atom stereocenters. The lowest BCUT2D eigenvalue weighted by atomic mass is 10.4. The number of nitrogens with zero attached hydrogens (tertiary/aromatic N) is 1. The Hall–Kier alpha value is -1.69. The first-order valence-electron chi connectivity index (χ1n) is 4.35. The predicted octanol–water partition coefficient (Wildman–Crippen LogP) is 0.246. The fourth-order valence-corrected chi connectivity index (χ4v) is 1.69. The van der Waals surface area contributed by atoms with E-state index in [9.17, 15) is 9.59 Å². The average molecular weight is 225 g/mol. The van der Waals surface area contributed by atoms with E-state index >= 15 is 0 Å². The van der Waals surface area contributed by atoms with Gasteiger partial charge in [0.1, 0.15) is 0 Å². The molecule has 0 spiro atoms. The number of carbonyl (C=O) groups excluding carboxylic acids is 2. The summed E-state index contributed by atoms with van der Waals surface area (Å²) in [5, 5.41) is 3.60. The molecule has 0 fully saturated rings. The highest BCUT2D eigenvalue weighted by molar-refractivity contribution is 7.13. The van der Waals surface area contributed by atoms with Gasteiger partial charge >= 0.3 is 11.8 Å². The van der Waals surface area contributed by atoms with Crippen LogP contribution in [0, 0.1) is 0 Å².